The van der Waals surface area contributed by atoms with E-state index in [1.54, 1.807) is 7.11 Å². The summed E-state index contributed by atoms with van der Waals surface area (Å²) >= 11 is 0. The molecule has 2 N–H and O–H groups in total. The third-order valence-electron chi connectivity index (χ3n) is 6.28. The molecule has 38 heavy (non-hydrogen) atoms. The molecule has 1 amide bonds. The van der Waals surface area contributed by atoms with Crippen LogP contribution in [0.5, 0.6) is 5.75 Å². The van der Waals surface area contributed by atoms with Gasteiger partial charge in [-0.1, -0.05) is 42.5 Å². The first-order valence-electron chi connectivity index (χ1n) is 12.4. The highest BCUT2D eigenvalue weighted by molar-refractivity contribution is 5.89. The van der Waals surface area contributed by atoms with Gasteiger partial charge in [0.15, 0.2) is 0 Å². The number of carbonyl (C=O) groups excluding carboxylic acids is 1. The van der Waals surface area contributed by atoms with Crippen LogP contribution < -0.4 is 4.74 Å². The molecule has 2 unspecified atom stereocenters. The zero-order valence-corrected chi connectivity index (χ0v) is 21.4. The Morgan fingerprint density at radius 1 is 1.03 bits per heavy atom. The van der Waals surface area contributed by atoms with Crippen LogP contribution >= 0.6 is 0 Å². The van der Waals surface area contributed by atoms with Crippen LogP contribution in [0.15, 0.2) is 66.7 Å². The number of amides is 1. The molecule has 2 aliphatic rings. The van der Waals surface area contributed by atoms with Crippen molar-refractivity contribution in [2.75, 3.05) is 46.5 Å². The zero-order valence-electron chi connectivity index (χ0n) is 21.4. The summed E-state index contributed by atoms with van der Waals surface area (Å²) < 4.78 is 16.4. The second kappa shape index (κ2) is 14.7. The SMILES string of the molecule is COc1ccc(CC2CN(C(CCN3CCOCC3)c3ccccc3)C(=O)O2)cc1.O=C(O)C=CC(=O)O. The summed E-state index contributed by atoms with van der Waals surface area (Å²) in [6.45, 7) is 5.01. The fourth-order valence-corrected chi connectivity index (χ4v) is 4.38. The molecule has 0 aromatic heterocycles. The molecule has 0 saturated carbocycles. The maximum absolute atomic E-state index is 12.8. The first-order valence-corrected chi connectivity index (χ1v) is 12.4. The van der Waals surface area contributed by atoms with Crippen molar-refractivity contribution in [3.8, 4) is 5.75 Å². The molecule has 2 saturated heterocycles. The Balaban J connectivity index is 0.000000436. The summed E-state index contributed by atoms with van der Waals surface area (Å²) in [7, 11) is 1.66. The average molecular weight is 527 g/mol. The number of hydrogen-bond donors (Lipinski definition) is 2. The summed E-state index contributed by atoms with van der Waals surface area (Å²) in [5, 5.41) is 15.6. The number of morpholine rings is 1. The van der Waals surface area contributed by atoms with Gasteiger partial charge < -0.3 is 24.4 Å². The largest absolute Gasteiger partial charge is 0.497 e. The predicted molar refractivity (Wildman–Crippen MR) is 139 cm³/mol. The van der Waals surface area contributed by atoms with Crippen LogP contribution in [0.1, 0.15) is 23.6 Å². The third kappa shape index (κ3) is 9.20. The maximum Gasteiger partial charge on any atom is 0.410 e. The molecule has 2 aromatic rings. The molecule has 2 heterocycles. The van der Waals surface area contributed by atoms with Crippen LogP contribution in [-0.2, 0) is 25.5 Å². The van der Waals surface area contributed by atoms with Crippen LogP contribution in [-0.4, -0.2) is 90.7 Å². The molecule has 0 spiro atoms. The van der Waals surface area contributed by atoms with E-state index in [1.807, 2.05) is 47.4 Å². The van der Waals surface area contributed by atoms with Crippen molar-refractivity contribution in [3.05, 3.63) is 77.9 Å². The smallest absolute Gasteiger partial charge is 0.410 e. The van der Waals surface area contributed by atoms with E-state index < -0.39 is 11.9 Å². The number of nitrogens with zero attached hydrogens (tertiary/aromatic N) is 2. The van der Waals surface area contributed by atoms with Gasteiger partial charge in [-0.05, 0) is 29.7 Å². The zero-order chi connectivity index (χ0) is 27.3. The molecule has 2 fully saturated rings. The Morgan fingerprint density at radius 2 is 1.66 bits per heavy atom. The molecule has 4 rings (SSSR count). The van der Waals surface area contributed by atoms with E-state index in [4.69, 9.17) is 24.4 Å². The number of hydrogen-bond acceptors (Lipinski definition) is 7. The molecule has 10 nitrogen and oxygen atoms in total. The molecule has 2 aliphatic heterocycles. The highest BCUT2D eigenvalue weighted by Crippen LogP contribution is 2.30. The fourth-order valence-electron chi connectivity index (χ4n) is 4.38. The number of carboxylic acid groups (broad SMARTS) is 2. The number of cyclic esters (lactones) is 1. The number of carbonyl (C=O) groups is 3. The number of methoxy groups -OCH3 is 1. The molecule has 10 heteroatoms. The van der Waals surface area contributed by atoms with Gasteiger partial charge in [-0.15, -0.1) is 0 Å². The molecule has 2 atom stereocenters. The Morgan fingerprint density at radius 3 is 2.24 bits per heavy atom. The monoisotopic (exact) mass is 526 g/mol. The molecule has 0 bridgehead atoms. The van der Waals surface area contributed by atoms with Crippen molar-refractivity contribution < 1.29 is 38.8 Å². The number of ether oxygens (including phenoxy) is 3. The molecule has 0 aliphatic carbocycles. The Labute approximate surface area is 222 Å². The summed E-state index contributed by atoms with van der Waals surface area (Å²) in [4.78, 5) is 36.2. The number of benzene rings is 2. The van der Waals surface area contributed by atoms with Crippen LogP contribution in [0.2, 0.25) is 0 Å². The quantitative estimate of drug-likeness (QED) is 0.449. The van der Waals surface area contributed by atoms with E-state index in [0.29, 0.717) is 25.1 Å². The molecule has 2 aromatic carbocycles. The van der Waals surface area contributed by atoms with E-state index in [9.17, 15) is 14.4 Å². The van der Waals surface area contributed by atoms with Gasteiger partial charge in [-0.25, -0.2) is 14.4 Å². The number of rotatable bonds is 10. The first-order chi connectivity index (χ1) is 18.4. The van der Waals surface area contributed by atoms with Crippen molar-refractivity contribution in [2.45, 2.75) is 25.0 Å². The Bertz CT molecular complexity index is 1050. The number of carboxylic acids is 2. The summed E-state index contributed by atoms with van der Waals surface area (Å²) in [5.41, 5.74) is 2.30. The van der Waals surface area contributed by atoms with Crippen molar-refractivity contribution in [1.29, 1.82) is 0 Å². The van der Waals surface area contributed by atoms with Crippen molar-refractivity contribution in [2.24, 2.45) is 0 Å². The topological polar surface area (TPSA) is 126 Å². The summed E-state index contributed by atoms with van der Waals surface area (Å²) in [5.74, 6) is -1.68. The van der Waals surface area contributed by atoms with Crippen LogP contribution in [0.3, 0.4) is 0 Å². The van der Waals surface area contributed by atoms with Gasteiger partial charge in [0.25, 0.3) is 0 Å². The van der Waals surface area contributed by atoms with Crippen molar-refractivity contribution >= 4 is 18.0 Å². The minimum Gasteiger partial charge on any atom is -0.497 e. The van der Waals surface area contributed by atoms with Crippen molar-refractivity contribution in [3.63, 3.8) is 0 Å². The van der Waals surface area contributed by atoms with E-state index in [-0.39, 0.29) is 18.2 Å². The molecular formula is C28H34N2O8. The predicted octanol–water partition coefficient (Wildman–Crippen LogP) is 3.23. The summed E-state index contributed by atoms with van der Waals surface area (Å²) in [6, 6.07) is 18.3. The standard InChI is InChI=1S/C24H30N2O4.C4H4O4/c1-28-21-9-7-19(8-10-21)17-22-18-26(24(27)30-22)23(20-5-3-2-4-6-20)11-12-25-13-15-29-16-14-25;5-3(6)1-2-4(7)8/h2-10,22-23H,11-18H2,1H3;1-2H,(H,5,6)(H,7,8). The third-order valence-corrected chi connectivity index (χ3v) is 6.28. The minimum atomic E-state index is -1.26. The molecule has 0 radical (unpaired) electrons. The van der Waals surface area contributed by atoms with Crippen LogP contribution in [0.4, 0.5) is 4.79 Å². The minimum absolute atomic E-state index is 0.0161. The normalized spacial score (nSPS) is 18.4. The molecular weight excluding hydrogens is 492 g/mol. The number of aliphatic carboxylic acids is 2. The maximum atomic E-state index is 12.8. The van der Waals surface area contributed by atoms with Crippen LogP contribution in [0, 0.1) is 0 Å². The fraction of sp³-hybridized carbons (Fsp3) is 0.393. The van der Waals surface area contributed by atoms with Crippen molar-refractivity contribution in [1.82, 2.24) is 9.80 Å². The highest BCUT2D eigenvalue weighted by Gasteiger charge is 2.36. The van der Waals surface area contributed by atoms with E-state index >= 15 is 0 Å². The van der Waals surface area contributed by atoms with Gasteiger partial charge in [-0.3, -0.25) is 9.80 Å². The second-order valence-corrected chi connectivity index (χ2v) is 8.89. The summed E-state index contributed by atoms with van der Waals surface area (Å²) in [6.07, 6.45) is 2.35. The lowest BCUT2D eigenvalue weighted by Crippen LogP contribution is -2.39. The molecule has 204 valence electrons. The first kappa shape index (κ1) is 28.7. The van der Waals surface area contributed by atoms with E-state index in [0.717, 1.165) is 56.1 Å². The van der Waals surface area contributed by atoms with Gasteiger partial charge in [0, 0.05) is 38.2 Å². The average Bonchev–Trinajstić information content (AvgIpc) is 3.29. The Kier molecular flexibility index (Phi) is 11.1. The van der Waals surface area contributed by atoms with Gasteiger partial charge >= 0.3 is 18.0 Å². The highest BCUT2D eigenvalue weighted by atomic mass is 16.6. The second-order valence-electron chi connectivity index (χ2n) is 8.89. The lowest BCUT2D eigenvalue weighted by molar-refractivity contribution is -0.134. The van der Waals surface area contributed by atoms with Gasteiger partial charge in [0.05, 0.1) is 32.9 Å². The van der Waals surface area contributed by atoms with E-state index in [2.05, 4.69) is 17.0 Å². The van der Waals surface area contributed by atoms with Gasteiger partial charge in [-0.2, -0.15) is 0 Å². The lowest BCUT2D eigenvalue weighted by Gasteiger charge is -2.31. The van der Waals surface area contributed by atoms with E-state index in [1.165, 1.54) is 0 Å². The van der Waals surface area contributed by atoms with Gasteiger partial charge in [0.2, 0.25) is 0 Å². The Hall–Kier alpha value is -3.89. The van der Waals surface area contributed by atoms with Crippen LogP contribution in [0.25, 0.3) is 0 Å². The lowest BCUT2D eigenvalue weighted by atomic mass is 10.0. The van der Waals surface area contributed by atoms with Gasteiger partial charge in [0.1, 0.15) is 11.9 Å².